The Kier molecular flexibility index (Phi) is 4.58. The molecule has 2 aromatic rings. The van der Waals surface area contributed by atoms with Crippen molar-refractivity contribution in [3.63, 3.8) is 0 Å². The van der Waals surface area contributed by atoms with Crippen molar-refractivity contribution in [2.75, 3.05) is 14.1 Å². The predicted molar refractivity (Wildman–Crippen MR) is 83.1 cm³/mol. The van der Waals surface area contributed by atoms with E-state index in [9.17, 15) is 5.11 Å². The number of nitrogens with zero attached hydrogens (tertiary/aromatic N) is 1. The number of likely N-dealkylation sites (N-methyl/N-ethyl adjacent to an activating group) is 1. The van der Waals surface area contributed by atoms with E-state index in [1.165, 1.54) is 5.56 Å². The van der Waals surface area contributed by atoms with Gasteiger partial charge in [-0.05, 0) is 12.5 Å². The Morgan fingerprint density at radius 3 is 1.95 bits per heavy atom. The normalized spacial score (nSPS) is 14.8. The second-order valence-corrected chi connectivity index (χ2v) is 6.02. The van der Waals surface area contributed by atoms with Crippen molar-refractivity contribution in [3.05, 3.63) is 71.8 Å². The smallest absolute Gasteiger partial charge is 0.130 e. The van der Waals surface area contributed by atoms with Gasteiger partial charge in [0, 0.05) is 5.56 Å². The fraction of sp³-hybridized carbons (Fsp3) is 0.333. The second-order valence-electron chi connectivity index (χ2n) is 6.02. The molecule has 2 heteroatoms. The monoisotopic (exact) mass is 270 g/mol. The Morgan fingerprint density at radius 1 is 0.900 bits per heavy atom. The van der Waals surface area contributed by atoms with Crippen LogP contribution in [0.15, 0.2) is 60.7 Å². The van der Waals surface area contributed by atoms with Gasteiger partial charge < -0.3 is 9.59 Å². The van der Waals surface area contributed by atoms with Gasteiger partial charge in [0.1, 0.15) is 18.7 Å². The zero-order chi connectivity index (χ0) is 14.6. The molecule has 106 valence electrons. The number of rotatable bonds is 5. The number of benzene rings is 2. The summed E-state index contributed by atoms with van der Waals surface area (Å²) in [6, 6.07) is 20.5. The van der Waals surface area contributed by atoms with E-state index in [1.807, 2.05) is 36.4 Å². The standard InChI is InChI=1S/C18H24NO/c1-15(18(20)17-12-8-5-9-13-17)19(2,3)14-16-10-6-4-7-11-16/h4-13,15,18,20H,14H2,1-3H3/q+1/t15-,18+/m1/s1. The van der Waals surface area contributed by atoms with Crippen LogP contribution in [0.3, 0.4) is 0 Å². The first kappa shape index (κ1) is 14.8. The minimum atomic E-state index is -0.449. The molecule has 0 aliphatic heterocycles. The molecule has 0 unspecified atom stereocenters. The van der Waals surface area contributed by atoms with Crippen molar-refractivity contribution >= 4 is 0 Å². The molecule has 0 saturated carbocycles. The van der Waals surface area contributed by atoms with Gasteiger partial charge >= 0.3 is 0 Å². The van der Waals surface area contributed by atoms with Gasteiger partial charge in [-0.25, -0.2) is 0 Å². The fourth-order valence-electron chi connectivity index (χ4n) is 2.51. The van der Waals surface area contributed by atoms with Crippen LogP contribution in [0.1, 0.15) is 24.2 Å². The van der Waals surface area contributed by atoms with Crippen LogP contribution in [0.4, 0.5) is 0 Å². The van der Waals surface area contributed by atoms with Gasteiger partial charge in [0.25, 0.3) is 0 Å². The maximum absolute atomic E-state index is 10.6. The topological polar surface area (TPSA) is 20.2 Å². The third kappa shape index (κ3) is 3.47. The van der Waals surface area contributed by atoms with Gasteiger partial charge in [0.2, 0.25) is 0 Å². The SMILES string of the molecule is C[C@H]([C@H](O)c1ccccc1)[N+](C)(C)Cc1ccccc1. The van der Waals surface area contributed by atoms with E-state index >= 15 is 0 Å². The van der Waals surface area contributed by atoms with Crippen LogP contribution < -0.4 is 0 Å². The molecule has 20 heavy (non-hydrogen) atoms. The van der Waals surface area contributed by atoms with Crippen LogP contribution in [0, 0.1) is 0 Å². The van der Waals surface area contributed by atoms with Gasteiger partial charge in [-0.15, -0.1) is 0 Å². The third-order valence-corrected chi connectivity index (χ3v) is 4.13. The minimum absolute atomic E-state index is 0.123. The van der Waals surface area contributed by atoms with E-state index in [1.54, 1.807) is 0 Å². The molecule has 0 amide bonds. The lowest BCUT2D eigenvalue weighted by atomic mass is 10.0. The van der Waals surface area contributed by atoms with Crippen LogP contribution >= 0.6 is 0 Å². The van der Waals surface area contributed by atoms with E-state index in [0.29, 0.717) is 0 Å². The highest BCUT2D eigenvalue weighted by Crippen LogP contribution is 2.25. The summed E-state index contributed by atoms with van der Waals surface area (Å²) in [7, 11) is 4.34. The summed E-state index contributed by atoms with van der Waals surface area (Å²) < 4.78 is 0.750. The Bertz CT molecular complexity index is 522. The molecular formula is C18H24NO+. The first-order valence-electron chi connectivity index (χ1n) is 7.10. The summed E-state index contributed by atoms with van der Waals surface area (Å²) in [4.78, 5) is 0. The highest BCUT2D eigenvalue weighted by Gasteiger charge is 2.31. The fourth-order valence-corrected chi connectivity index (χ4v) is 2.51. The van der Waals surface area contributed by atoms with Gasteiger partial charge in [-0.1, -0.05) is 60.7 Å². The lowest BCUT2D eigenvalue weighted by molar-refractivity contribution is -0.930. The molecule has 0 spiro atoms. The first-order chi connectivity index (χ1) is 9.50. The van der Waals surface area contributed by atoms with Crippen molar-refractivity contribution in [2.24, 2.45) is 0 Å². The number of hydrogen-bond donors (Lipinski definition) is 1. The van der Waals surface area contributed by atoms with Gasteiger partial charge in [-0.3, -0.25) is 0 Å². The molecule has 2 rings (SSSR count). The van der Waals surface area contributed by atoms with Crippen molar-refractivity contribution in [1.29, 1.82) is 0 Å². The Balaban J connectivity index is 2.12. The van der Waals surface area contributed by atoms with Crippen LogP contribution in [0.5, 0.6) is 0 Å². The minimum Gasteiger partial charge on any atom is -0.382 e. The molecule has 2 nitrogen and oxygen atoms in total. The third-order valence-electron chi connectivity index (χ3n) is 4.13. The van der Waals surface area contributed by atoms with E-state index in [4.69, 9.17) is 0 Å². The summed E-state index contributed by atoms with van der Waals surface area (Å²) in [5, 5.41) is 10.6. The lowest BCUT2D eigenvalue weighted by Gasteiger charge is -2.38. The summed E-state index contributed by atoms with van der Waals surface area (Å²) in [6.45, 7) is 3.02. The van der Waals surface area contributed by atoms with Gasteiger partial charge in [-0.2, -0.15) is 0 Å². The van der Waals surface area contributed by atoms with Crippen LogP contribution in [-0.4, -0.2) is 29.7 Å². The molecule has 0 heterocycles. The molecule has 0 saturated heterocycles. The average Bonchev–Trinajstić information content (AvgIpc) is 2.47. The largest absolute Gasteiger partial charge is 0.382 e. The van der Waals surface area contributed by atoms with Crippen molar-refractivity contribution in [3.8, 4) is 0 Å². The molecular weight excluding hydrogens is 246 g/mol. The Morgan fingerprint density at radius 2 is 1.40 bits per heavy atom. The molecule has 0 fully saturated rings. The molecule has 1 N–H and O–H groups in total. The van der Waals surface area contributed by atoms with E-state index < -0.39 is 6.10 Å². The molecule has 0 aliphatic rings. The maximum Gasteiger partial charge on any atom is 0.130 e. The summed E-state index contributed by atoms with van der Waals surface area (Å²) in [6.07, 6.45) is -0.449. The summed E-state index contributed by atoms with van der Waals surface area (Å²) >= 11 is 0. The van der Waals surface area contributed by atoms with E-state index in [0.717, 1.165) is 16.6 Å². The van der Waals surface area contributed by atoms with Crippen molar-refractivity contribution in [1.82, 2.24) is 0 Å². The van der Waals surface area contributed by atoms with Crippen LogP contribution in [0.25, 0.3) is 0 Å². The maximum atomic E-state index is 10.6. The number of quaternary nitrogens is 1. The van der Waals surface area contributed by atoms with Crippen LogP contribution in [-0.2, 0) is 6.54 Å². The molecule has 0 aromatic heterocycles. The highest BCUT2D eigenvalue weighted by molar-refractivity contribution is 5.18. The Hall–Kier alpha value is -1.64. The Labute approximate surface area is 121 Å². The van der Waals surface area contributed by atoms with Crippen LogP contribution in [0.2, 0.25) is 0 Å². The molecule has 2 aromatic carbocycles. The zero-order valence-corrected chi connectivity index (χ0v) is 12.5. The molecule has 0 aliphatic carbocycles. The second kappa shape index (κ2) is 6.21. The van der Waals surface area contributed by atoms with Gasteiger partial charge in [0.05, 0.1) is 14.1 Å². The van der Waals surface area contributed by atoms with Crippen molar-refractivity contribution < 1.29 is 9.59 Å². The highest BCUT2D eigenvalue weighted by atomic mass is 16.3. The molecule has 0 bridgehead atoms. The quantitative estimate of drug-likeness (QED) is 0.826. The number of aliphatic hydroxyl groups excluding tert-OH is 1. The van der Waals surface area contributed by atoms with Crippen molar-refractivity contribution in [2.45, 2.75) is 25.6 Å². The zero-order valence-electron chi connectivity index (χ0n) is 12.5. The summed E-state index contributed by atoms with van der Waals surface area (Å²) in [5.41, 5.74) is 2.28. The average molecular weight is 270 g/mol. The summed E-state index contributed by atoms with van der Waals surface area (Å²) in [5.74, 6) is 0. The van der Waals surface area contributed by atoms with Gasteiger partial charge in [0.15, 0.2) is 0 Å². The number of aliphatic hydroxyl groups is 1. The molecule has 0 radical (unpaired) electrons. The molecule has 2 atom stereocenters. The first-order valence-corrected chi connectivity index (χ1v) is 7.10. The predicted octanol–water partition coefficient (Wildman–Crippen LogP) is 3.39. The van der Waals surface area contributed by atoms with E-state index in [2.05, 4.69) is 45.3 Å². The number of hydrogen-bond acceptors (Lipinski definition) is 1. The van der Waals surface area contributed by atoms with E-state index in [-0.39, 0.29) is 6.04 Å². The lowest BCUT2D eigenvalue weighted by Crippen LogP contribution is -2.49.